The molecule has 2 N–H and O–H groups in total. The molecular weight excluding hydrogens is 392 g/mol. The van der Waals surface area contributed by atoms with Crippen LogP contribution in [0.1, 0.15) is 37.0 Å². The Hall–Kier alpha value is -1.97. The third-order valence-corrected chi connectivity index (χ3v) is 7.20. The van der Waals surface area contributed by atoms with Crippen molar-refractivity contribution in [1.29, 1.82) is 0 Å². The number of nitrogens with one attached hydrogen (secondary N) is 2. The molecule has 29 heavy (non-hydrogen) atoms. The molecule has 0 aromatic heterocycles. The molecule has 0 spiro atoms. The van der Waals surface area contributed by atoms with Crippen LogP contribution in [0.15, 0.2) is 29.2 Å². The number of carbonyl (C=O) groups excluding carboxylic acids is 2. The van der Waals surface area contributed by atoms with Gasteiger partial charge in [-0.25, -0.2) is 8.42 Å². The molecule has 1 heterocycles. The van der Waals surface area contributed by atoms with E-state index in [4.69, 9.17) is 0 Å². The number of benzene rings is 1. The van der Waals surface area contributed by atoms with Gasteiger partial charge in [-0.1, -0.05) is 19.9 Å². The molecule has 1 aromatic rings. The van der Waals surface area contributed by atoms with Gasteiger partial charge in [0.25, 0.3) is 5.91 Å². The molecule has 0 saturated carbocycles. The molecule has 1 saturated heterocycles. The molecule has 0 unspecified atom stereocenters. The van der Waals surface area contributed by atoms with E-state index in [-0.39, 0.29) is 22.9 Å². The molecule has 2 rings (SSSR count). The fraction of sp³-hybridized carbons (Fsp3) is 0.600. The minimum atomic E-state index is -3.64. The average Bonchev–Trinajstić information content (AvgIpc) is 2.71. The van der Waals surface area contributed by atoms with Crippen molar-refractivity contribution in [3.05, 3.63) is 29.8 Å². The summed E-state index contributed by atoms with van der Waals surface area (Å²) in [5.41, 5.74) is 0.208. The topological polar surface area (TPSA) is 98.8 Å². The lowest BCUT2D eigenvalue weighted by atomic mass is 9.98. The Balaban J connectivity index is 1.90. The fourth-order valence-corrected chi connectivity index (χ4v) is 5.04. The molecule has 0 bridgehead atoms. The van der Waals surface area contributed by atoms with Gasteiger partial charge in [0, 0.05) is 31.7 Å². The Kier molecular flexibility index (Phi) is 8.60. The number of rotatable bonds is 9. The SMILES string of the molecule is CCN(CC)S(=O)(=O)c1cccc(C(=O)NCC(=O)NC[C@@H]2CCCN(C)C2)c1. The summed E-state index contributed by atoms with van der Waals surface area (Å²) < 4.78 is 26.6. The molecule has 8 nitrogen and oxygen atoms in total. The van der Waals surface area contributed by atoms with Gasteiger partial charge < -0.3 is 15.5 Å². The first-order valence-corrected chi connectivity index (χ1v) is 11.6. The molecule has 0 radical (unpaired) electrons. The maximum Gasteiger partial charge on any atom is 0.251 e. The van der Waals surface area contributed by atoms with E-state index in [1.54, 1.807) is 13.8 Å². The first-order valence-electron chi connectivity index (χ1n) is 10.1. The summed E-state index contributed by atoms with van der Waals surface area (Å²) in [7, 11) is -1.57. The number of amides is 2. The first-order chi connectivity index (χ1) is 13.8. The van der Waals surface area contributed by atoms with E-state index < -0.39 is 15.9 Å². The smallest absolute Gasteiger partial charge is 0.251 e. The highest BCUT2D eigenvalue weighted by molar-refractivity contribution is 7.89. The second-order valence-electron chi connectivity index (χ2n) is 7.37. The molecule has 1 fully saturated rings. The van der Waals surface area contributed by atoms with Crippen LogP contribution in [-0.2, 0) is 14.8 Å². The number of likely N-dealkylation sites (tertiary alicyclic amines) is 1. The highest BCUT2D eigenvalue weighted by Crippen LogP contribution is 2.17. The lowest BCUT2D eigenvalue weighted by Gasteiger charge is -2.29. The Morgan fingerprint density at radius 2 is 1.93 bits per heavy atom. The minimum absolute atomic E-state index is 0.0692. The summed E-state index contributed by atoms with van der Waals surface area (Å²) >= 11 is 0. The van der Waals surface area contributed by atoms with Crippen LogP contribution in [0.25, 0.3) is 0 Å². The van der Waals surface area contributed by atoms with E-state index in [1.165, 1.54) is 28.6 Å². The molecule has 1 aliphatic rings. The highest BCUT2D eigenvalue weighted by Gasteiger charge is 2.23. The molecule has 162 valence electrons. The van der Waals surface area contributed by atoms with E-state index in [9.17, 15) is 18.0 Å². The van der Waals surface area contributed by atoms with Crippen molar-refractivity contribution in [3.8, 4) is 0 Å². The van der Waals surface area contributed by atoms with Gasteiger partial charge in [-0.3, -0.25) is 9.59 Å². The molecule has 0 aliphatic carbocycles. The van der Waals surface area contributed by atoms with E-state index in [0.717, 1.165) is 25.9 Å². The molecule has 2 amide bonds. The lowest BCUT2D eigenvalue weighted by molar-refractivity contribution is -0.120. The van der Waals surface area contributed by atoms with Gasteiger partial charge >= 0.3 is 0 Å². The summed E-state index contributed by atoms with van der Waals surface area (Å²) in [6, 6.07) is 5.88. The van der Waals surface area contributed by atoms with Gasteiger partial charge in [0.1, 0.15) is 0 Å². The van der Waals surface area contributed by atoms with Crippen molar-refractivity contribution < 1.29 is 18.0 Å². The third-order valence-electron chi connectivity index (χ3n) is 5.16. The zero-order chi connectivity index (χ0) is 21.4. The largest absolute Gasteiger partial charge is 0.354 e. The lowest BCUT2D eigenvalue weighted by Crippen LogP contribution is -2.42. The molecule has 9 heteroatoms. The zero-order valence-corrected chi connectivity index (χ0v) is 18.3. The van der Waals surface area contributed by atoms with Crippen LogP contribution in [0.4, 0.5) is 0 Å². The van der Waals surface area contributed by atoms with Crippen molar-refractivity contribution in [3.63, 3.8) is 0 Å². The highest BCUT2D eigenvalue weighted by atomic mass is 32.2. The fourth-order valence-electron chi connectivity index (χ4n) is 3.53. The van der Waals surface area contributed by atoms with Gasteiger partial charge in [0.15, 0.2) is 0 Å². The quantitative estimate of drug-likeness (QED) is 0.614. The third kappa shape index (κ3) is 6.52. The van der Waals surface area contributed by atoms with Crippen molar-refractivity contribution in [2.75, 3.05) is 46.3 Å². The van der Waals surface area contributed by atoms with E-state index in [2.05, 4.69) is 22.6 Å². The van der Waals surface area contributed by atoms with E-state index in [1.807, 2.05) is 0 Å². The summed E-state index contributed by atoms with van der Waals surface area (Å²) in [5.74, 6) is -0.303. The maximum absolute atomic E-state index is 12.6. The summed E-state index contributed by atoms with van der Waals surface area (Å²) in [6.07, 6.45) is 2.21. The van der Waals surface area contributed by atoms with Gasteiger partial charge in [0.2, 0.25) is 15.9 Å². The number of hydrogen-bond acceptors (Lipinski definition) is 5. The normalized spacial score (nSPS) is 17.9. The molecule has 1 aliphatic heterocycles. The average molecular weight is 425 g/mol. The van der Waals surface area contributed by atoms with Crippen molar-refractivity contribution >= 4 is 21.8 Å². The number of carbonyl (C=O) groups is 2. The number of hydrogen-bond donors (Lipinski definition) is 2. The zero-order valence-electron chi connectivity index (χ0n) is 17.5. The van der Waals surface area contributed by atoms with Crippen LogP contribution in [0, 0.1) is 5.92 Å². The Morgan fingerprint density at radius 1 is 1.21 bits per heavy atom. The Bertz CT molecular complexity index is 808. The van der Waals surface area contributed by atoms with Gasteiger partial charge in [0.05, 0.1) is 11.4 Å². The van der Waals surface area contributed by atoms with Crippen LogP contribution >= 0.6 is 0 Å². The summed E-state index contributed by atoms with van der Waals surface area (Å²) in [4.78, 5) is 26.8. The van der Waals surface area contributed by atoms with Crippen molar-refractivity contribution in [1.82, 2.24) is 19.8 Å². The molecule has 1 atom stereocenters. The van der Waals surface area contributed by atoms with Gasteiger partial charge in [-0.05, 0) is 50.6 Å². The van der Waals surface area contributed by atoms with E-state index in [0.29, 0.717) is 25.6 Å². The maximum atomic E-state index is 12.6. The van der Waals surface area contributed by atoms with E-state index >= 15 is 0 Å². The van der Waals surface area contributed by atoms with Gasteiger partial charge in [-0.15, -0.1) is 0 Å². The predicted molar refractivity (Wildman–Crippen MR) is 112 cm³/mol. The standard InChI is InChI=1S/C20H32N4O4S/c1-4-24(5-2)29(27,28)18-10-6-9-17(12-18)20(26)22-14-19(25)21-13-16-8-7-11-23(3)15-16/h6,9-10,12,16H,4-5,7-8,11,13-15H2,1-3H3,(H,21,25)(H,22,26)/t16-/m0/s1. The molecule has 1 aromatic carbocycles. The number of sulfonamides is 1. The second-order valence-corrected chi connectivity index (χ2v) is 9.31. The second kappa shape index (κ2) is 10.7. The molecular formula is C20H32N4O4S. The van der Waals surface area contributed by atoms with Crippen LogP contribution in [0.2, 0.25) is 0 Å². The van der Waals surface area contributed by atoms with Crippen LogP contribution in [0.5, 0.6) is 0 Å². The monoisotopic (exact) mass is 424 g/mol. The number of nitrogens with zero attached hydrogens (tertiary/aromatic N) is 2. The Morgan fingerprint density at radius 3 is 2.59 bits per heavy atom. The minimum Gasteiger partial charge on any atom is -0.354 e. The number of piperidine rings is 1. The first kappa shape index (κ1) is 23.3. The van der Waals surface area contributed by atoms with Crippen LogP contribution in [0.3, 0.4) is 0 Å². The summed E-state index contributed by atoms with van der Waals surface area (Å²) in [6.45, 7) is 6.73. The summed E-state index contributed by atoms with van der Waals surface area (Å²) in [5, 5.41) is 5.42. The van der Waals surface area contributed by atoms with Crippen molar-refractivity contribution in [2.24, 2.45) is 5.92 Å². The predicted octanol–water partition coefficient (Wildman–Crippen LogP) is 0.905. The van der Waals surface area contributed by atoms with Crippen LogP contribution < -0.4 is 10.6 Å². The van der Waals surface area contributed by atoms with Crippen LogP contribution in [-0.4, -0.2) is 75.8 Å². The van der Waals surface area contributed by atoms with Gasteiger partial charge in [-0.2, -0.15) is 4.31 Å². The Labute approximate surface area is 173 Å². The van der Waals surface area contributed by atoms with Crippen molar-refractivity contribution in [2.45, 2.75) is 31.6 Å².